The number of allylic oxidation sites excluding steroid dienone is 3. The second-order valence-corrected chi connectivity index (χ2v) is 7.98. The van der Waals surface area contributed by atoms with Crippen LogP contribution in [0, 0.1) is 0 Å². The van der Waals surface area contributed by atoms with Crippen LogP contribution >= 0.6 is 0 Å². The average Bonchev–Trinajstić information content (AvgIpc) is 2.82. The number of amides is 1. The third-order valence-corrected chi connectivity index (χ3v) is 4.95. The lowest BCUT2D eigenvalue weighted by atomic mass is 10.1. The molecule has 2 N–H and O–H groups in total. The van der Waals surface area contributed by atoms with E-state index in [1.807, 2.05) is 48.5 Å². The number of hydrazine groups is 1. The molecule has 1 aromatic heterocycles. The maximum absolute atomic E-state index is 12.2. The number of ether oxygens (including phenoxy) is 1. The average molecular weight is 443 g/mol. The number of fused-ring (bicyclic) bond motifs is 1. The monoisotopic (exact) mass is 442 g/mol. The molecule has 0 saturated heterocycles. The van der Waals surface area contributed by atoms with Gasteiger partial charge < -0.3 is 4.74 Å². The van der Waals surface area contributed by atoms with Crippen molar-refractivity contribution in [3.05, 3.63) is 89.7 Å². The van der Waals surface area contributed by atoms with Gasteiger partial charge in [0.2, 0.25) is 0 Å². The van der Waals surface area contributed by atoms with Gasteiger partial charge in [0.25, 0.3) is 5.91 Å². The number of hydrogen-bond acceptors (Lipinski definition) is 5. The van der Waals surface area contributed by atoms with Crippen LogP contribution in [-0.4, -0.2) is 22.7 Å². The Morgan fingerprint density at radius 2 is 1.82 bits per heavy atom. The lowest BCUT2D eigenvalue weighted by molar-refractivity contribution is -0.116. The maximum atomic E-state index is 12.2. The number of hydrogen-bond donors (Lipinski definition) is 2. The molecule has 1 heterocycles. The van der Waals surface area contributed by atoms with E-state index in [9.17, 15) is 4.79 Å². The van der Waals surface area contributed by atoms with E-state index >= 15 is 0 Å². The molecule has 0 unspecified atom stereocenters. The molecule has 0 spiro atoms. The lowest BCUT2D eigenvalue weighted by Gasteiger charge is -2.07. The minimum atomic E-state index is -0.293. The molecule has 6 nitrogen and oxygen atoms in total. The second-order valence-electron chi connectivity index (χ2n) is 7.98. The largest absolute Gasteiger partial charge is 0.490 e. The number of nitrogens with one attached hydrogen (secondary N) is 2. The van der Waals surface area contributed by atoms with E-state index in [1.54, 1.807) is 12.3 Å². The maximum Gasteiger partial charge on any atom is 0.262 e. The summed E-state index contributed by atoms with van der Waals surface area (Å²) in [7, 11) is 0. The topological polar surface area (TPSA) is 76.1 Å². The van der Waals surface area contributed by atoms with Crippen LogP contribution in [0.5, 0.6) is 5.75 Å². The Morgan fingerprint density at radius 3 is 2.61 bits per heavy atom. The van der Waals surface area contributed by atoms with Crippen LogP contribution in [-0.2, 0) is 4.79 Å². The number of anilines is 1. The molecule has 3 aromatic rings. The fourth-order valence-electron chi connectivity index (χ4n) is 3.10. The van der Waals surface area contributed by atoms with Gasteiger partial charge in [0.1, 0.15) is 12.4 Å². The first-order chi connectivity index (χ1) is 16.0. The molecule has 6 heteroatoms. The first kappa shape index (κ1) is 23.7. The molecule has 0 fully saturated rings. The molecule has 2 aromatic carbocycles. The van der Waals surface area contributed by atoms with Gasteiger partial charge >= 0.3 is 0 Å². The third-order valence-electron chi connectivity index (χ3n) is 4.95. The van der Waals surface area contributed by atoms with Crippen molar-refractivity contribution in [3.8, 4) is 5.75 Å². The van der Waals surface area contributed by atoms with Gasteiger partial charge in [0, 0.05) is 16.8 Å². The molecule has 0 saturated carbocycles. The molecule has 0 aliphatic rings. The van der Waals surface area contributed by atoms with Gasteiger partial charge in [-0.3, -0.25) is 15.6 Å². The molecule has 3 rings (SSSR count). The zero-order chi connectivity index (χ0) is 23.5. The predicted octanol–water partition coefficient (Wildman–Crippen LogP) is 5.86. The summed E-state index contributed by atoms with van der Waals surface area (Å²) in [6.07, 6.45) is 11.3. The normalized spacial score (nSPS) is 11.4. The Hall–Kier alpha value is -3.93. The molecule has 33 heavy (non-hydrogen) atoms. The zero-order valence-corrected chi connectivity index (χ0v) is 19.3. The molecule has 0 bridgehead atoms. The van der Waals surface area contributed by atoms with Crippen LogP contribution in [0.3, 0.4) is 0 Å². The van der Waals surface area contributed by atoms with E-state index in [0.29, 0.717) is 12.4 Å². The van der Waals surface area contributed by atoms with Crippen LogP contribution in [0.25, 0.3) is 16.8 Å². The van der Waals surface area contributed by atoms with Crippen molar-refractivity contribution in [2.45, 2.75) is 33.6 Å². The zero-order valence-electron chi connectivity index (χ0n) is 19.3. The Bertz CT molecular complexity index is 1150. The fourth-order valence-corrected chi connectivity index (χ4v) is 3.10. The van der Waals surface area contributed by atoms with E-state index in [-0.39, 0.29) is 5.91 Å². The molecule has 0 atom stereocenters. The van der Waals surface area contributed by atoms with E-state index in [0.717, 1.165) is 34.9 Å². The number of carbonyl (C=O) groups is 1. The van der Waals surface area contributed by atoms with Gasteiger partial charge in [0.05, 0.1) is 6.20 Å². The SMILES string of the molecule is CC(C)=CCC/C(C)=C/COc1ccc(/C=C/C(=O)NNc2nncc3ccccc23)cc1. The highest BCUT2D eigenvalue weighted by molar-refractivity contribution is 5.95. The van der Waals surface area contributed by atoms with Crippen molar-refractivity contribution in [1.82, 2.24) is 15.6 Å². The van der Waals surface area contributed by atoms with Gasteiger partial charge in [-0.2, -0.15) is 5.10 Å². The van der Waals surface area contributed by atoms with Crippen molar-refractivity contribution in [1.29, 1.82) is 0 Å². The van der Waals surface area contributed by atoms with Crippen LogP contribution in [0.1, 0.15) is 39.2 Å². The van der Waals surface area contributed by atoms with Crippen molar-refractivity contribution in [2.24, 2.45) is 0 Å². The van der Waals surface area contributed by atoms with Crippen LogP contribution in [0.4, 0.5) is 5.82 Å². The van der Waals surface area contributed by atoms with Crippen molar-refractivity contribution in [3.63, 3.8) is 0 Å². The highest BCUT2D eigenvalue weighted by Crippen LogP contribution is 2.18. The molecule has 0 radical (unpaired) electrons. The van der Waals surface area contributed by atoms with Crippen molar-refractivity contribution >= 4 is 28.6 Å². The van der Waals surface area contributed by atoms with Crippen LogP contribution < -0.4 is 15.6 Å². The Kier molecular flexibility index (Phi) is 8.77. The summed E-state index contributed by atoms with van der Waals surface area (Å²) in [6.45, 7) is 6.90. The molecular weight excluding hydrogens is 412 g/mol. The summed E-state index contributed by atoms with van der Waals surface area (Å²) in [5, 5.41) is 9.81. The fraction of sp³-hybridized carbons (Fsp3) is 0.222. The second kappa shape index (κ2) is 12.2. The van der Waals surface area contributed by atoms with Gasteiger partial charge in [-0.05, 0) is 63.5 Å². The van der Waals surface area contributed by atoms with E-state index in [1.165, 1.54) is 17.2 Å². The standard InChI is InChI=1S/C27H30N4O2/c1-20(2)7-6-8-21(3)17-18-33-24-14-11-22(12-15-24)13-16-26(32)29-31-27-25-10-5-4-9-23(25)19-28-30-27/h4-5,7,9-17,19H,6,8,18H2,1-3H3,(H,29,32)(H,30,31)/b16-13+,21-17+. The van der Waals surface area contributed by atoms with Crippen molar-refractivity contribution in [2.75, 3.05) is 12.0 Å². The van der Waals surface area contributed by atoms with Crippen LogP contribution in [0.2, 0.25) is 0 Å². The van der Waals surface area contributed by atoms with Crippen molar-refractivity contribution < 1.29 is 9.53 Å². The number of rotatable bonds is 10. The summed E-state index contributed by atoms with van der Waals surface area (Å²) in [5.41, 5.74) is 9.02. The summed E-state index contributed by atoms with van der Waals surface area (Å²) >= 11 is 0. The highest BCUT2D eigenvalue weighted by atomic mass is 16.5. The third kappa shape index (κ3) is 7.92. The number of aromatic nitrogens is 2. The van der Waals surface area contributed by atoms with E-state index in [2.05, 4.69) is 54.0 Å². The minimum absolute atomic E-state index is 0.293. The lowest BCUT2D eigenvalue weighted by Crippen LogP contribution is -2.28. The van der Waals surface area contributed by atoms with Gasteiger partial charge in [0.15, 0.2) is 5.82 Å². The Morgan fingerprint density at radius 1 is 1.03 bits per heavy atom. The van der Waals surface area contributed by atoms with Gasteiger partial charge in [-0.1, -0.05) is 53.6 Å². The molecular formula is C27H30N4O2. The number of carbonyl (C=O) groups excluding carboxylic acids is 1. The van der Waals surface area contributed by atoms with Gasteiger partial charge in [-0.15, -0.1) is 5.10 Å². The summed E-state index contributed by atoms with van der Waals surface area (Å²) < 4.78 is 5.79. The number of nitrogens with zero attached hydrogens (tertiary/aromatic N) is 2. The van der Waals surface area contributed by atoms with Crippen LogP contribution in [0.15, 0.2) is 84.1 Å². The summed E-state index contributed by atoms with van der Waals surface area (Å²) in [5.74, 6) is 0.998. The van der Waals surface area contributed by atoms with E-state index in [4.69, 9.17) is 4.74 Å². The molecule has 170 valence electrons. The first-order valence-electron chi connectivity index (χ1n) is 11.0. The summed E-state index contributed by atoms with van der Waals surface area (Å²) in [6, 6.07) is 15.3. The smallest absolute Gasteiger partial charge is 0.262 e. The number of benzene rings is 2. The molecule has 1 amide bonds. The Labute approximate surface area is 195 Å². The highest BCUT2D eigenvalue weighted by Gasteiger charge is 2.03. The molecule has 0 aliphatic carbocycles. The minimum Gasteiger partial charge on any atom is -0.490 e. The van der Waals surface area contributed by atoms with Gasteiger partial charge in [-0.25, -0.2) is 0 Å². The van der Waals surface area contributed by atoms with E-state index < -0.39 is 0 Å². The quantitative estimate of drug-likeness (QED) is 0.234. The predicted molar refractivity (Wildman–Crippen MR) is 135 cm³/mol. The Balaban J connectivity index is 1.45. The molecule has 0 aliphatic heterocycles. The first-order valence-corrected chi connectivity index (χ1v) is 11.0. The summed E-state index contributed by atoms with van der Waals surface area (Å²) in [4.78, 5) is 12.2.